The fraction of sp³-hybridized carbons (Fsp3) is 0.812. The Labute approximate surface area is 139 Å². The molecule has 0 aromatic carbocycles. The van der Waals surface area contributed by atoms with Crippen LogP contribution in [-0.4, -0.2) is 47.7 Å². The van der Waals surface area contributed by atoms with Crippen molar-refractivity contribution < 1.29 is 9.53 Å². The molecule has 0 saturated carbocycles. The summed E-state index contributed by atoms with van der Waals surface area (Å²) in [5.41, 5.74) is 6.48. The molecule has 1 aromatic rings. The Hall–Kier alpha value is -1.47. The van der Waals surface area contributed by atoms with E-state index < -0.39 is 0 Å². The summed E-state index contributed by atoms with van der Waals surface area (Å²) < 4.78 is 7.65. The zero-order chi connectivity index (χ0) is 17.5. The third-order valence-electron chi connectivity index (χ3n) is 3.60. The second kappa shape index (κ2) is 8.40. The van der Waals surface area contributed by atoms with Crippen LogP contribution in [0.25, 0.3) is 0 Å². The molecule has 0 aliphatic heterocycles. The van der Waals surface area contributed by atoms with Crippen LogP contribution in [0, 0.1) is 10.8 Å². The molecule has 7 nitrogen and oxygen atoms in total. The summed E-state index contributed by atoms with van der Waals surface area (Å²) in [7, 11) is 1.63. The first-order valence-corrected chi connectivity index (χ1v) is 8.05. The molecule has 132 valence electrons. The number of hydrogen-bond acceptors (Lipinski definition) is 5. The van der Waals surface area contributed by atoms with Gasteiger partial charge in [-0.2, -0.15) is 0 Å². The Bertz CT molecular complexity index is 496. The number of rotatable bonds is 10. The lowest BCUT2D eigenvalue weighted by molar-refractivity contribution is -0.120. The minimum Gasteiger partial charge on any atom is -0.380 e. The van der Waals surface area contributed by atoms with Gasteiger partial charge < -0.3 is 15.8 Å². The Morgan fingerprint density at radius 2 is 1.96 bits per heavy atom. The lowest BCUT2D eigenvalue weighted by Gasteiger charge is -2.28. The van der Waals surface area contributed by atoms with E-state index in [9.17, 15) is 4.79 Å². The van der Waals surface area contributed by atoms with Gasteiger partial charge in [0.25, 0.3) is 0 Å². The highest BCUT2D eigenvalue weighted by Crippen LogP contribution is 2.21. The van der Waals surface area contributed by atoms with Crippen LogP contribution in [0.15, 0.2) is 6.20 Å². The fourth-order valence-corrected chi connectivity index (χ4v) is 2.04. The average Bonchev–Trinajstić information content (AvgIpc) is 2.90. The van der Waals surface area contributed by atoms with Gasteiger partial charge in [0.05, 0.1) is 18.9 Å². The molecule has 0 bridgehead atoms. The molecular formula is C16H31N5O2. The Morgan fingerprint density at radius 3 is 2.57 bits per heavy atom. The second-order valence-electron chi connectivity index (χ2n) is 7.61. The first-order valence-electron chi connectivity index (χ1n) is 8.05. The molecule has 23 heavy (non-hydrogen) atoms. The van der Waals surface area contributed by atoms with Crippen molar-refractivity contribution in [1.29, 1.82) is 0 Å². The van der Waals surface area contributed by atoms with E-state index in [2.05, 4.69) is 43.3 Å². The van der Waals surface area contributed by atoms with Gasteiger partial charge in [-0.3, -0.25) is 9.48 Å². The van der Waals surface area contributed by atoms with Crippen LogP contribution in [0.1, 0.15) is 39.8 Å². The van der Waals surface area contributed by atoms with Gasteiger partial charge in [-0.15, -0.1) is 5.10 Å². The number of carbonyl (C=O) groups excluding carboxylic acids is 1. The smallest absolute Gasteiger partial charge is 0.220 e. The molecule has 1 heterocycles. The van der Waals surface area contributed by atoms with Gasteiger partial charge in [0, 0.05) is 43.5 Å². The predicted octanol–water partition coefficient (Wildman–Crippen LogP) is 0.984. The molecule has 0 fully saturated rings. The van der Waals surface area contributed by atoms with Crippen LogP contribution in [0.5, 0.6) is 0 Å². The zero-order valence-corrected chi connectivity index (χ0v) is 15.1. The van der Waals surface area contributed by atoms with Crippen molar-refractivity contribution in [2.24, 2.45) is 16.6 Å². The van der Waals surface area contributed by atoms with Crippen molar-refractivity contribution in [1.82, 2.24) is 20.3 Å². The molecule has 0 atom stereocenters. The number of hydrogen-bond donors (Lipinski definition) is 2. The second-order valence-corrected chi connectivity index (χ2v) is 7.61. The summed E-state index contributed by atoms with van der Waals surface area (Å²) in [5.74, 6) is 0.01000. The van der Waals surface area contributed by atoms with E-state index in [-0.39, 0.29) is 16.7 Å². The van der Waals surface area contributed by atoms with Crippen LogP contribution < -0.4 is 11.1 Å². The van der Waals surface area contributed by atoms with Crippen molar-refractivity contribution in [2.45, 2.75) is 47.1 Å². The number of aryl methyl sites for hydroxylation is 1. The van der Waals surface area contributed by atoms with Crippen LogP contribution in [0.2, 0.25) is 0 Å². The van der Waals surface area contributed by atoms with E-state index in [1.807, 2.05) is 10.9 Å². The standard InChI is InChI=1S/C16H31N5O2/c1-15(2,9-17)11-23-12-16(3,4)10-21-8-13(19-20-21)6-7-14(22)18-5/h8H,6-7,9-12,17H2,1-5H3,(H,18,22). The van der Waals surface area contributed by atoms with Crippen LogP contribution in [0.4, 0.5) is 0 Å². The van der Waals surface area contributed by atoms with Gasteiger partial charge in [0.1, 0.15) is 0 Å². The molecule has 1 aromatic heterocycles. The van der Waals surface area contributed by atoms with Crippen LogP contribution in [-0.2, 0) is 22.5 Å². The normalized spacial score (nSPS) is 12.4. The third kappa shape index (κ3) is 7.56. The molecule has 1 amide bonds. The van der Waals surface area contributed by atoms with Gasteiger partial charge in [0.2, 0.25) is 5.91 Å². The Morgan fingerprint density at radius 1 is 1.30 bits per heavy atom. The number of carbonyl (C=O) groups is 1. The number of amides is 1. The van der Waals surface area contributed by atoms with Crippen molar-refractivity contribution in [2.75, 3.05) is 26.8 Å². The van der Waals surface area contributed by atoms with E-state index in [1.54, 1.807) is 7.05 Å². The summed E-state index contributed by atoms with van der Waals surface area (Å²) in [4.78, 5) is 11.3. The van der Waals surface area contributed by atoms with Crippen molar-refractivity contribution in [3.05, 3.63) is 11.9 Å². The Kier molecular flexibility index (Phi) is 7.15. The highest BCUT2D eigenvalue weighted by atomic mass is 16.5. The Balaban J connectivity index is 2.44. The molecule has 1 rings (SSSR count). The molecule has 0 saturated heterocycles. The average molecular weight is 325 g/mol. The molecule has 0 unspecified atom stereocenters. The fourth-order valence-electron chi connectivity index (χ4n) is 2.04. The van der Waals surface area contributed by atoms with Gasteiger partial charge in [0.15, 0.2) is 0 Å². The van der Waals surface area contributed by atoms with Gasteiger partial charge in [-0.05, 0) is 6.54 Å². The van der Waals surface area contributed by atoms with Crippen molar-refractivity contribution >= 4 is 5.91 Å². The number of nitrogens with zero attached hydrogens (tertiary/aromatic N) is 3. The predicted molar refractivity (Wildman–Crippen MR) is 89.8 cm³/mol. The topological polar surface area (TPSA) is 95.1 Å². The van der Waals surface area contributed by atoms with E-state index >= 15 is 0 Å². The molecule has 0 spiro atoms. The molecular weight excluding hydrogens is 294 g/mol. The number of aromatic nitrogens is 3. The highest BCUT2D eigenvalue weighted by molar-refractivity contribution is 5.75. The first-order chi connectivity index (χ1) is 10.7. The van der Waals surface area contributed by atoms with E-state index in [0.29, 0.717) is 39.1 Å². The monoisotopic (exact) mass is 325 g/mol. The lowest BCUT2D eigenvalue weighted by Crippen LogP contribution is -2.32. The molecule has 0 radical (unpaired) electrons. The molecule has 0 aliphatic carbocycles. The summed E-state index contributed by atoms with van der Waals surface area (Å²) in [6, 6.07) is 0. The van der Waals surface area contributed by atoms with Gasteiger partial charge in [-0.25, -0.2) is 0 Å². The number of ether oxygens (including phenoxy) is 1. The summed E-state index contributed by atoms with van der Waals surface area (Å²) in [6.07, 6.45) is 2.92. The highest BCUT2D eigenvalue weighted by Gasteiger charge is 2.23. The SMILES string of the molecule is CNC(=O)CCc1cn(CC(C)(C)COCC(C)(C)CN)nn1. The molecule has 7 heteroatoms. The van der Waals surface area contributed by atoms with Crippen molar-refractivity contribution in [3.63, 3.8) is 0 Å². The van der Waals surface area contributed by atoms with E-state index in [0.717, 1.165) is 5.69 Å². The van der Waals surface area contributed by atoms with Crippen molar-refractivity contribution in [3.8, 4) is 0 Å². The van der Waals surface area contributed by atoms with Crippen LogP contribution in [0.3, 0.4) is 0 Å². The van der Waals surface area contributed by atoms with Gasteiger partial charge >= 0.3 is 0 Å². The first kappa shape index (κ1) is 19.6. The summed E-state index contributed by atoms with van der Waals surface area (Å²) in [5, 5.41) is 10.9. The summed E-state index contributed by atoms with van der Waals surface area (Å²) in [6.45, 7) is 11.0. The molecule has 0 aliphatic rings. The lowest BCUT2D eigenvalue weighted by atomic mass is 9.93. The maximum absolute atomic E-state index is 11.3. The van der Waals surface area contributed by atoms with E-state index in [1.165, 1.54) is 0 Å². The van der Waals surface area contributed by atoms with E-state index in [4.69, 9.17) is 10.5 Å². The maximum Gasteiger partial charge on any atom is 0.220 e. The number of nitrogens with one attached hydrogen (secondary N) is 1. The number of nitrogens with two attached hydrogens (primary N) is 1. The molecule has 3 N–H and O–H groups in total. The van der Waals surface area contributed by atoms with Gasteiger partial charge in [-0.1, -0.05) is 32.9 Å². The minimum absolute atomic E-state index is 0.00362. The maximum atomic E-state index is 11.3. The van der Waals surface area contributed by atoms with Crippen LogP contribution >= 0.6 is 0 Å². The minimum atomic E-state index is -0.0591. The largest absolute Gasteiger partial charge is 0.380 e. The quantitative estimate of drug-likeness (QED) is 0.669. The summed E-state index contributed by atoms with van der Waals surface area (Å²) >= 11 is 0. The zero-order valence-electron chi connectivity index (χ0n) is 15.1. The third-order valence-corrected chi connectivity index (χ3v) is 3.60.